The molecule has 3 N–H and O–H groups in total. The Morgan fingerprint density at radius 1 is 1.32 bits per heavy atom. The van der Waals surface area contributed by atoms with Crippen LogP contribution in [0.25, 0.3) is 0 Å². The van der Waals surface area contributed by atoms with Gasteiger partial charge in [-0.2, -0.15) is 5.10 Å². The van der Waals surface area contributed by atoms with Crippen molar-refractivity contribution < 1.29 is 4.79 Å². The number of fused-ring (bicyclic) bond motifs is 1. The SMILES string of the molecule is Cc1cccc(C(=O)N2CCc3nnc(NN)cc3C2)c1C. The van der Waals surface area contributed by atoms with E-state index in [9.17, 15) is 4.79 Å². The Kier molecular flexibility index (Phi) is 3.77. The molecule has 1 aliphatic heterocycles. The van der Waals surface area contributed by atoms with Crippen LogP contribution in [0.4, 0.5) is 5.82 Å². The topological polar surface area (TPSA) is 84.1 Å². The number of nitrogens with zero attached hydrogens (tertiary/aromatic N) is 3. The van der Waals surface area contributed by atoms with E-state index in [2.05, 4.69) is 15.6 Å². The standard InChI is InChI=1S/C16H19N5O/c1-10-4-3-5-13(11(10)2)16(22)21-7-6-14-12(9-21)8-15(18-17)20-19-14/h3-5,8H,6-7,9,17H2,1-2H3,(H,18,20). The summed E-state index contributed by atoms with van der Waals surface area (Å²) in [7, 11) is 0. The normalized spacial score (nSPS) is 13.7. The second-order valence-corrected chi connectivity index (χ2v) is 5.57. The van der Waals surface area contributed by atoms with E-state index in [0.717, 1.165) is 27.9 Å². The lowest BCUT2D eigenvalue weighted by Crippen LogP contribution is -2.37. The number of hydrogen-bond donors (Lipinski definition) is 2. The average molecular weight is 297 g/mol. The smallest absolute Gasteiger partial charge is 0.254 e. The molecule has 1 amide bonds. The molecule has 6 heteroatoms. The highest BCUT2D eigenvalue weighted by Crippen LogP contribution is 2.22. The van der Waals surface area contributed by atoms with E-state index in [1.807, 2.05) is 43.0 Å². The molecule has 6 nitrogen and oxygen atoms in total. The van der Waals surface area contributed by atoms with Crippen molar-refractivity contribution in [3.63, 3.8) is 0 Å². The molecule has 0 saturated carbocycles. The van der Waals surface area contributed by atoms with Gasteiger partial charge in [-0.25, -0.2) is 5.84 Å². The Morgan fingerprint density at radius 2 is 2.14 bits per heavy atom. The zero-order valence-corrected chi connectivity index (χ0v) is 12.8. The molecular weight excluding hydrogens is 278 g/mol. The lowest BCUT2D eigenvalue weighted by Gasteiger charge is -2.28. The maximum atomic E-state index is 12.8. The van der Waals surface area contributed by atoms with Crippen LogP contribution in [0.5, 0.6) is 0 Å². The van der Waals surface area contributed by atoms with Crippen molar-refractivity contribution in [3.8, 4) is 0 Å². The number of hydrazine groups is 1. The van der Waals surface area contributed by atoms with Crippen LogP contribution in [0.3, 0.4) is 0 Å². The molecular formula is C16H19N5O. The third-order valence-corrected chi connectivity index (χ3v) is 4.21. The number of benzene rings is 1. The van der Waals surface area contributed by atoms with Gasteiger partial charge in [-0.3, -0.25) is 4.79 Å². The van der Waals surface area contributed by atoms with Gasteiger partial charge in [0.15, 0.2) is 5.82 Å². The van der Waals surface area contributed by atoms with Crippen LogP contribution in [0.2, 0.25) is 0 Å². The van der Waals surface area contributed by atoms with Crippen molar-refractivity contribution in [2.45, 2.75) is 26.8 Å². The van der Waals surface area contributed by atoms with Gasteiger partial charge in [-0.05, 0) is 42.7 Å². The van der Waals surface area contributed by atoms with Gasteiger partial charge in [0.25, 0.3) is 5.91 Å². The highest BCUT2D eigenvalue weighted by molar-refractivity contribution is 5.96. The van der Waals surface area contributed by atoms with E-state index in [-0.39, 0.29) is 5.91 Å². The van der Waals surface area contributed by atoms with Crippen molar-refractivity contribution >= 4 is 11.7 Å². The fourth-order valence-electron chi connectivity index (χ4n) is 2.73. The van der Waals surface area contributed by atoms with Gasteiger partial charge in [-0.15, -0.1) is 5.10 Å². The van der Waals surface area contributed by atoms with Crippen LogP contribution in [0, 0.1) is 13.8 Å². The molecule has 114 valence electrons. The van der Waals surface area contributed by atoms with Gasteiger partial charge in [0, 0.05) is 25.1 Å². The summed E-state index contributed by atoms with van der Waals surface area (Å²) in [5.41, 5.74) is 7.35. The summed E-state index contributed by atoms with van der Waals surface area (Å²) in [5.74, 6) is 5.95. The van der Waals surface area contributed by atoms with Crippen LogP contribution in [-0.2, 0) is 13.0 Å². The molecule has 0 fully saturated rings. The summed E-state index contributed by atoms with van der Waals surface area (Å²) in [4.78, 5) is 14.6. The zero-order chi connectivity index (χ0) is 15.7. The van der Waals surface area contributed by atoms with Crippen LogP contribution in [0.15, 0.2) is 24.3 Å². The van der Waals surface area contributed by atoms with Gasteiger partial charge >= 0.3 is 0 Å². The molecule has 2 aromatic rings. The molecule has 2 heterocycles. The number of hydrogen-bond acceptors (Lipinski definition) is 5. The Balaban J connectivity index is 1.87. The molecule has 0 aliphatic carbocycles. The van der Waals surface area contributed by atoms with Crippen molar-refractivity contribution in [1.82, 2.24) is 15.1 Å². The Bertz CT molecular complexity index is 728. The van der Waals surface area contributed by atoms with Gasteiger partial charge in [-0.1, -0.05) is 12.1 Å². The van der Waals surface area contributed by atoms with Crippen LogP contribution >= 0.6 is 0 Å². The average Bonchev–Trinajstić information content (AvgIpc) is 2.55. The summed E-state index contributed by atoms with van der Waals surface area (Å²) in [6, 6.07) is 7.69. The van der Waals surface area contributed by atoms with Gasteiger partial charge < -0.3 is 10.3 Å². The summed E-state index contributed by atoms with van der Waals surface area (Å²) in [5, 5.41) is 8.13. The van der Waals surface area contributed by atoms with Crippen LogP contribution in [0.1, 0.15) is 32.7 Å². The Hall–Kier alpha value is -2.47. The van der Waals surface area contributed by atoms with Gasteiger partial charge in [0.2, 0.25) is 0 Å². The molecule has 0 saturated heterocycles. The lowest BCUT2D eigenvalue weighted by atomic mass is 10.0. The molecule has 3 rings (SSSR count). The summed E-state index contributed by atoms with van der Waals surface area (Å²) >= 11 is 0. The minimum absolute atomic E-state index is 0.0610. The minimum atomic E-state index is 0.0610. The first-order chi connectivity index (χ1) is 10.6. The summed E-state index contributed by atoms with van der Waals surface area (Å²) < 4.78 is 0. The number of carbonyl (C=O) groups excluding carboxylic acids is 1. The molecule has 1 aromatic carbocycles. The predicted molar refractivity (Wildman–Crippen MR) is 84.2 cm³/mol. The number of carbonyl (C=O) groups is 1. The minimum Gasteiger partial charge on any atom is -0.334 e. The largest absolute Gasteiger partial charge is 0.334 e. The highest BCUT2D eigenvalue weighted by atomic mass is 16.2. The maximum absolute atomic E-state index is 12.8. The molecule has 22 heavy (non-hydrogen) atoms. The third-order valence-electron chi connectivity index (χ3n) is 4.21. The number of nitrogens with two attached hydrogens (primary N) is 1. The molecule has 0 atom stereocenters. The lowest BCUT2D eigenvalue weighted by molar-refractivity contribution is 0.0732. The molecule has 0 unspecified atom stereocenters. The first-order valence-corrected chi connectivity index (χ1v) is 7.27. The highest BCUT2D eigenvalue weighted by Gasteiger charge is 2.24. The summed E-state index contributed by atoms with van der Waals surface area (Å²) in [6.45, 7) is 5.20. The van der Waals surface area contributed by atoms with Crippen molar-refractivity contribution in [2.75, 3.05) is 12.0 Å². The molecule has 0 spiro atoms. The van der Waals surface area contributed by atoms with E-state index in [1.54, 1.807) is 0 Å². The Morgan fingerprint density at radius 3 is 2.91 bits per heavy atom. The number of anilines is 1. The fraction of sp³-hybridized carbons (Fsp3) is 0.312. The second-order valence-electron chi connectivity index (χ2n) is 5.57. The van der Waals surface area contributed by atoms with Crippen molar-refractivity contribution in [2.24, 2.45) is 5.84 Å². The van der Waals surface area contributed by atoms with Crippen molar-refractivity contribution in [3.05, 3.63) is 52.2 Å². The van der Waals surface area contributed by atoms with E-state index >= 15 is 0 Å². The first kappa shape index (κ1) is 14.5. The monoisotopic (exact) mass is 297 g/mol. The van der Waals surface area contributed by atoms with Crippen molar-refractivity contribution in [1.29, 1.82) is 0 Å². The van der Waals surface area contributed by atoms with E-state index in [4.69, 9.17) is 5.84 Å². The first-order valence-electron chi connectivity index (χ1n) is 7.27. The van der Waals surface area contributed by atoms with Gasteiger partial charge in [0.1, 0.15) is 0 Å². The number of aryl methyl sites for hydroxylation is 1. The number of rotatable bonds is 2. The van der Waals surface area contributed by atoms with E-state index < -0.39 is 0 Å². The predicted octanol–water partition coefficient (Wildman–Crippen LogP) is 1.58. The molecule has 0 radical (unpaired) electrons. The van der Waals surface area contributed by atoms with Gasteiger partial charge in [0.05, 0.1) is 5.69 Å². The number of amides is 1. The van der Waals surface area contributed by atoms with Crippen LogP contribution in [-0.4, -0.2) is 27.5 Å². The fourth-order valence-corrected chi connectivity index (χ4v) is 2.73. The number of nitrogen functional groups attached to an aromatic ring is 1. The second kappa shape index (κ2) is 5.73. The Labute approximate surface area is 129 Å². The van der Waals surface area contributed by atoms with E-state index in [0.29, 0.717) is 25.3 Å². The molecule has 0 bridgehead atoms. The number of nitrogens with one attached hydrogen (secondary N) is 1. The molecule has 1 aliphatic rings. The van der Waals surface area contributed by atoms with Crippen LogP contribution < -0.4 is 11.3 Å². The molecule has 1 aromatic heterocycles. The maximum Gasteiger partial charge on any atom is 0.254 e. The summed E-state index contributed by atoms with van der Waals surface area (Å²) in [6.07, 6.45) is 0.712. The third kappa shape index (κ3) is 2.53. The number of aromatic nitrogens is 2. The quantitative estimate of drug-likeness (QED) is 0.649. The zero-order valence-electron chi connectivity index (χ0n) is 12.8. The van der Waals surface area contributed by atoms with E-state index in [1.165, 1.54) is 0 Å².